The molecule has 1 heterocycles. The Balaban J connectivity index is 1.91. The summed E-state index contributed by atoms with van der Waals surface area (Å²) in [5.41, 5.74) is 2.40. The minimum atomic E-state index is -0.183. The Morgan fingerprint density at radius 3 is 2.44 bits per heavy atom. The molecule has 3 aromatic carbocycles. The zero-order valence-corrected chi connectivity index (χ0v) is 16.1. The fourth-order valence-corrected chi connectivity index (χ4v) is 4.04. The molecule has 1 aliphatic heterocycles. The third kappa shape index (κ3) is 2.81. The van der Waals surface area contributed by atoms with Crippen LogP contribution in [0.4, 0.5) is 0 Å². The number of carbonyl (C=O) groups excluding carboxylic acids is 2. The van der Waals surface area contributed by atoms with Crippen LogP contribution in [0.1, 0.15) is 40.1 Å². The highest BCUT2D eigenvalue weighted by molar-refractivity contribution is 6.30. The molecule has 3 aromatic rings. The first-order chi connectivity index (χ1) is 13.0. The van der Waals surface area contributed by atoms with E-state index in [2.05, 4.69) is 43.0 Å². The Kier molecular flexibility index (Phi) is 4.44. The predicted molar refractivity (Wildman–Crippen MR) is 109 cm³/mol. The summed E-state index contributed by atoms with van der Waals surface area (Å²) in [5, 5.41) is 3.71. The monoisotopic (exact) mass is 360 g/mol. The molecule has 0 saturated heterocycles. The average molecular weight is 360 g/mol. The number of aryl methyl sites for hydroxylation is 1. The highest BCUT2D eigenvalue weighted by atomic mass is 16.2. The SMILES string of the molecule is CCN(CC)CCN1C(=O)c2cccc3cc4ccc(C)cc4c(c23)C1=O. The van der Waals surface area contributed by atoms with E-state index in [1.54, 1.807) is 0 Å². The van der Waals surface area contributed by atoms with E-state index in [0.717, 1.165) is 40.2 Å². The van der Waals surface area contributed by atoms with Crippen molar-refractivity contribution >= 4 is 33.4 Å². The first kappa shape index (κ1) is 17.7. The van der Waals surface area contributed by atoms with Crippen LogP contribution in [0, 0.1) is 6.92 Å². The van der Waals surface area contributed by atoms with E-state index in [0.29, 0.717) is 24.2 Å². The summed E-state index contributed by atoms with van der Waals surface area (Å²) in [5.74, 6) is -0.357. The van der Waals surface area contributed by atoms with Gasteiger partial charge in [0.05, 0.1) is 5.56 Å². The number of fused-ring (bicyclic) bond motifs is 2. The smallest absolute Gasteiger partial charge is 0.262 e. The predicted octanol–water partition coefficient (Wildman–Crippen LogP) is 4.24. The highest BCUT2D eigenvalue weighted by Gasteiger charge is 2.34. The van der Waals surface area contributed by atoms with Crippen LogP contribution in [0.2, 0.25) is 0 Å². The van der Waals surface area contributed by atoms with Crippen LogP contribution >= 0.6 is 0 Å². The fraction of sp³-hybridized carbons (Fsp3) is 0.304. The second-order valence-electron chi connectivity index (χ2n) is 7.17. The quantitative estimate of drug-likeness (QED) is 0.505. The van der Waals surface area contributed by atoms with Crippen molar-refractivity contribution in [2.45, 2.75) is 20.8 Å². The van der Waals surface area contributed by atoms with E-state index < -0.39 is 0 Å². The van der Waals surface area contributed by atoms with Crippen LogP contribution in [0.25, 0.3) is 21.5 Å². The van der Waals surface area contributed by atoms with Gasteiger partial charge in [-0.3, -0.25) is 14.5 Å². The Labute approximate surface area is 159 Å². The van der Waals surface area contributed by atoms with Gasteiger partial charge in [0, 0.05) is 24.0 Å². The van der Waals surface area contributed by atoms with Crippen LogP contribution in [0.5, 0.6) is 0 Å². The molecule has 138 valence electrons. The van der Waals surface area contributed by atoms with Crippen molar-refractivity contribution in [1.29, 1.82) is 0 Å². The van der Waals surface area contributed by atoms with Crippen molar-refractivity contribution in [2.24, 2.45) is 0 Å². The van der Waals surface area contributed by atoms with E-state index >= 15 is 0 Å². The van der Waals surface area contributed by atoms with Gasteiger partial charge in [-0.25, -0.2) is 0 Å². The normalized spacial score (nSPS) is 14.0. The minimum Gasteiger partial charge on any atom is -0.302 e. The average Bonchev–Trinajstić information content (AvgIpc) is 2.67. The first-order valence-electron chi connectivity index (χ1n) is 9.59. The van der Waals surface area contributed by atoms with Gasteiger partial charge in [0.25, 0.3) is 11.8 Å². The molecule has 0 radical (unpaired) electrons. The standard InChI is InChI=1S/C23H24N2O2/c1-4-24(5-2)11-12-25-22(26)18-8-6-7-17-14-16-10-9-15(3)13-19(16)21(20(17)18)23(25)27/h6-10,13-14H,4-5,11-12H2,1-3H3. The number of hydrogen-bond acceptors (Lipinski definition) is 3. The van der Waals surface area contributed by atoms with Gasteiger partial charge in [-0.1, -0.05) is 49.7 Å². The third-order valence-corrected chi connectivity index (χ3v) is 5.60. The van der Waals surface area contributed by atoms with Crippen molar-refractivity contribution in [3.63, 3.8) is 0 Å². The molecule has 0 saturated carbocycles. The maximum absolute atomic E-state index is 13.4. The lowest BCUT2D eigenvalue weighted by Crippen LogP contribution is -2.44. The summed E-state index contributed by atoms with van der Waals surface area (Å²) in [6.45, 7) is 9.13. The molecule has 2 amide bonds. The number of rotatable bonds is 5. The van der Waals surface area contributed by atoms with Gasteiger partial charge in [0.1, 0.15) is 0 Å². The number of benzene rings is 3. The van der Waals surface area contributed by atoms with Crippen LogP contribution in [0.15, 0.2) is 42.5 Å². The summed E-state index contributed by atoms with van der Waals surface area (Å²) in [4.78, 5) is 30.2. The minimum absolute atomic E-state index is 0.174. The number of amides is 2. The molecule has 0 bridgehead atoms. The van der Waals surface area contributed by atoms with E-state index in [1.807, 2.05) is 25.1 Å². The van der Waals surface area contributed by atoms with Gasteiger partial charge in [-0.2, -0.15) is 0 Å². The van der Waals surface area contributed by atoms with Crippen molar-refractivity contribution in [3.8, 4) is 0 Å². The van der Waals surface area contributed by atoms with Gasteiger partial charge >= 0.3 is 0 Å². The van der Waals surface area contributed by atoms with Crippen LogP contribution in [-0.4, -0.2) is 47.8 Å². The van der Waals surface area contributed by atoms with E-state index in [9.17, 15) is 9.59 Å². The van der Waals surface area contributed by atoms with E-state index in [-0.39, 0.29) is 11.8 Å². The molecule has 27 heavy (non-hydrogen) atoms. The van der Waals surface area contributed by atoms with Crippen molar-refractivity contribution in [1.82, 2.24) is 9.80 Å². The van der Waals surface area contributed by atoms with Gasteiger partial charge in [0.2, 0.25) is 0 Å². The summed E-state index contributed by atoms with van der Waals surface area (Å²) in [6.07, 6.45) is 0. The molecule has 0 fully saturated rings. The van der Waals surface area contributed by atoms with Gasteiger partial charge in [-0.05, 0) is 48.3 Å². The maximum Gasteiger partial charge on any atom is 0.262 e. The Bertz CT molecular complexity index is 1070. The first-order valence-corrected chi connectivity index (χ1v) is 9.59. The lowest BCUT2D eigenvalue weighted by Gasteiger charge is -2.30. The summed E-state index contributed by atoms with van der Waals surface area (Å²) in [6, 6.07) is 14.0. The van der Waals surface area contributed by atoms with E-state index in [1.165, 1.54) is 4.90 Å². The third-order valence-electron chi connectivity index (χ3n) is 5.60. The van der Waals surface area contributed by atoms with Crippen LogP contribution in [0.3, 0.4) is 0 Å². The largest absolute Gasteiger partial charge is 0.302 e. The van der Waals surface area contributed by atoms with Crippen molar-refractivity contribution in [3.05, 3.63) is 59.2 Å². The van der Waals surface area contributed by atoms with Crippen molar-refractivity contribution < 1.29 is 9.59 Å². The molecule has 0 atom stereocenters. The summed E-state index contributed by atoms with van der Waals surface area (Å²) >= 11 is 0. The second-order valence-corrected chi connectivity index (χ2v) is 7.17. The number of likely N-dealkylation sites (N-methyl/N-ethyl adjacent to an activating group) is 1. The fourth-order valence-electron chi connectivity index (χ4n) is 4.04. The number of hydrogen-bond donors (Lipinski definition) is 0. The van der Waals surface area contributed by atoms with Gasteiger partial charge in [0.15, 0.2) is 0 Å². The summed E-state index contributed by atoms with van der Waals surface area (Å²) in [7, 11) is 0. The zero-order valence-electron chi connectivity index (χ0n) is 16.1. The zero-order chi connectivity index (χ0) is 19.1. The Morgan fingerprint density at radius 1 is 0.926 bits per heavy atom. The lowest BCUT2D eigenvalue weighted by molar-refractivity contribution is 0.0596. The molecule has 0 aliphatic carbocycles. The Hall–Kier alpha value is -2.72. The topological polar surface area (TPSA) is 40.6 Å². The molecule has 0 spiro atoms. The second kappa shape index (κ2) is 6.78. The molecule has 4 rings (SSSR count). The maximum atomic E-state index is 13.4. The molecular formula is C23H24N2O2. The highest BCUT2D eigenvalue weighted by Crippen LogP contribution is 2.36. The van der Waals surface area contributed by atoms with E-state index in [4.69, 9.17) is 0 Å². The molecule has 0 unspecified atom stereocenters. The number of carbonyl (C=O) groups is 2. The molecule has 1 aliphatic rings. The van der Waals surface area contributed by atoms with Gasteiger partial charge in [-0.15, -0.1) is 0 Å². The Morgan fingerprint density at radius 2 is 1.70 bits per heavy atom. The molecular weight excluding hydrogens is 336 g/mol. The van der Waals surface area contributed by atoms with Crippen molar-refractivity contribution in [2.75, 3.05) is 26.2 Å². The van der Waals surface area contributed by atoms with Crippen LogP contribution < -0.4 is 0 Å². The molecule has 4 heteroatoms. The number of nitrogens with zero attached hydrogens (tertiary/aromatic N) is 2. The summed E-state index contributed by atoms with van der Waals surface area (Å²) < 4.78 is 0. The van der Waals surface area contributed by atoms with Crippen LogP contribution in [-0.2, 0) is 0 Å². The molecule has 0 aromatic heterocycles. The van der Waals surface area contributed by atoms with Gasteiger partial charge < -0.3 is 4.90 Å². The number of imide groups is 1. The molecule has 4 nitrogen and oxygen atoms in total. The lowest BCUT2D eigenvalue weighted by atomic mass is 9.89. The molecule has 0 N–H and O–H groups in total.